The normalized spacial score (nSPS) is 15.9. The second-order valence-electron chi connectivity index (χ2n) is 9.60. The maximum absolute atomic E-state index is 13.4. The number of rotatable bonds is 6. The van der Waals surface area contributed by atoms with Gasteiger partial charge in [-0.25, -0.2) is 17.4 Å². The second-order valence-corrected chi connectivity index (χ2v) is 12.6. The SMILES string of the molecule is COc1ccccc1N1CCN(Cc2nc3c(s2)CCc2c-3ccn2S(=O)(=O)c2ccc(C)cc2)CC1. The highest BCUT2D eigenvalue weighted by Gasteiger charge is 2.29. The number of anilines is 1. The number of thiazole rings is 1. The van der Waals surface area contributed by atoms with E-state index in [1.165, 1.54) is 8.85 Å². The lowest BCUT2D eigenvalue weighted by Gasteiger charge is -2.36. The van der Waals surface area contributed by atoms with Gasteiger partial charge in [0.1, 0.15) is 10.8 Å². The summed E-state index contributed by atoms with van der Waals surface area (Å²) >= 11 is 1.77. The Morgan fingerprint density at radius 3 is 2.49 bits per heavy atom. The van der Waals surface area contributed by atoms with Crippen LogP contribution in [0.4, 0.5) is 5.69 Å². The van der Waals surface area contributed by atoms with Crippen LogP contribution in [0.1, 0.15) is 21.1 Å². The van der Waals surface area contributed by atoms with E-state index in [0.29, 0.717) is 11.3 Å². The van der Waals surface area contributed by atoms with Crippen molar-refractivity contribution in [3.8, 4) is 17.0 Å². The highest BCUT2D eigenvalue weighted by Crippen LogP contribution is 2.38. The smallest absolute Gasteiger partial charge is 0.267 e. The molecule has 0 bridgehead atoms. The Morgan fingerprint density at radius 2 is 1.73 bits per heavy atom. The third-order valence-electron chi connectivity index (χ3n) is 7.27. The molecule has 0 saturated carbocycles. The van der Waals surface area contributed by atoms with Gasteiger partial charge in [-0.2, -0.15) is 0 Å². The Morgan fingerprint density at radius 1 is 0.973 bits per heavy atom. The largest absolute Gasteiger partial charge is 0.495 e. The number of aromatic nitrogens is 2. The topological polar surface area (TPSA) is 67.7 Å². The van der Waals surface area contributed by atoms with Gasteiger partial charge in [-0.1, -0.05) is 29.8 Å². The number of piperazine rings is 1. The molecule has 1 aliphatic carbocycles. The standard InChI is InChI=1S/C28H30N4O3S2/c1-20-7-9-21(10-8-20)37(33,34)32-14-13-22-23(32)11-12-26-28(22)29-27(36-26)19-30-15-17-31(18-16-30)24-5-3-4-6-25(24)35-2/h3-10,13-14H,11-12,15-19H2,1-2H3. The lowest BCUT2D eigenvalue weighted by Crippen LogP contribution is -2.46. The Bertz CT molecular complexity index is 1530. The summed E-state index contributed by atoms with van der Waals surface area (Å²) in [5.41, 5.74) is 4.91. The minimum Gasteiger partial charge on any atom is -0.495 e. The van der Waals surface area contributed by atoms with Gasteiger partial charge in [0, 0.05) is 48.5 Å². The summed E-state index contributed by atoms with van der Waals surface area (Å²) in [6, 6.07) is 17.1. The Balaban J connectivity index is 1.18. The first kappa shape index (κ1) is 24.2. The molecule has 7 nitrogen and oxygen atoms in total. The molecule has 0 unspecified atom stereocenters. The van der Waals surface area contributed by atoms with Gasteiger partial charge < -0.3 is 9.64 Å². The van der Waals surface area contributed by atoms with E-state index in [4.69, 9.17) is 9.72 Å². The van der Waals surface area contributed by atoms with E-state index in [2.05, 4.69) is 21.9 Å². The average Bonchev–Trinajstić information content (AvgIpc) is 3.53. The van der Waals surface area contributed by atoms with Crippen LogP contribution in [0.25, 0.3) is 11.3 Å². The van der Waals surface area contributed by atoms with Gasteiger partial charge in [-0.15, -0.1) is 11.3 Å². The van der Waals surface area contributed by atoms with Crippen LogP contribution >= 0.6 is 11.3 Å². The van der Waals surface area contributed by atoms with E-state index in [0.717, 1.165) is 78.1 Å². The van der Waals surface area contributed by atoms with Crippen molar-refractivity contribution >= 4 is 27.0 Å². The van der Waals surface area contributed by atoms with Crippen molar-refractivity contribution in [1.82, 2.24) is 13.9 Å². The van der Waals surface area contributed by atoms with Crippen molar-refractivity contribution in [2.45, 2.75) is 31.2 Å². The fourth-order valence-corrected chi connectivity index (χ4v) is 7.80. The first-order valence-electron chi connectivity index (χ1n) is 12.6. The molecular weight excluding hydrogens is 504 g/mol. The first-order chi connectivity index (χ1) is 17.9. The van der Waals surface area contributed by atoms with Gasteiger partial charge in [0.25, 0.3) is 10.0 Å². The number of fused-ring (bicyclic) bond motifs is 3. The number of para-hydroxylation sites is 2. The summed E-state index contributed by atoms with van der Waals surface area (Å²) in [6.45, 7) is 6.56. The zero-order valence-corrected chi connectivity index (χ0v) is 22.7. The Kier molecular flexibility index (Phi) is 6.30. The minimum absolute atomic E-state index is 0.313. The van der Waals surface area contributed by atoms with E-state index in [-0.39, 0.29) is 0 Å². The summed E-state index contributed by atoms with van der Waals surface area (Å²) in [7, 11) is -1.92. The number of hydrogen-bond acceptors (Lipinski definition) is 7. The quantitative estimate of drug-likeness (QED) is 0.361. The van der Waals surface area contributed by atoms with E-state index in [9.17, 15) is 8.42 Å². The lowest BCUT2D eigenvalue weighted by molar-refractivity contribution is 0.249. The van der Waals surface area contributed by atoms with Gasteiger partial charge in [0.2, 0.25) is 0 Å². The zero-order valence-electron chi connectivity index (χ0n) is 21.1. The summed E-state index contributed by atoms with van der Waals surface area (Å²) < 4.78 is 33.7. The number of benzene rings is 2. The van der Waals surface area contributed by atoms with Crippen LogP contribution in [0.3, 0.4) is 0 Å². The highest BCUT2D eigenvalue weighted by molar-refractivity contribution is 7.90. The maximum atomic E-state index is 13.4. The zero-order chi connectivity index (χ0) is 25.6. The third-order valence-corrected chi connectivity index (χ3v) is 10.1. The summed E-state index contributed by atoms with van der Waals surface area (Å²) in [5, 5.41) is 1.10. The average molecular weight is 535 g/mol. The van der Waals surface area contributed by atoms with Crippen molar-refractivity contribution in [3.05, 3.63) is 81.9 Å². The number of ether oxygens (including phenoxy) is 1. The molecule has 192 valence electrons. The van der Waals surface area contributed by atoms with E-state index in [1.807, 2.05) is 37.3 Å². The summed E-state index contributed by atoms with van der Waals surface area (Å²) in [5.74, 6) is 0.913. The Labute approximate surface area is 222 Å². The van der Waals surface area contributed by atoms with Crippen LogP contribution < -0.4 is 9.64 Å². The molecule has 3 heterocycles. The molecule has 2 aromatic heterocycles. The van der Waals surface area contributed by atoms with E-state index >= 15 is 0 Å². The van der Waals surface area contributed by atoms with Crippen molar-refractivity contribution in [2.75, 3.05) is 38.2 Å². The molecule has 0 N–H and O–H groups in total. The molecule has 0 radical (unpaired) electrons. The van der Waals surface area contributed by atoms with Crippen LogP contribution in [-0.2, 0) is 29.4 Å². The number of nitrogens with zero attached hydrogens (tertiary/aromatic N) is 4. The van der Waals surface area contributed by atoms with Crippen LogP contribution in [-0.4, -0.2) is 55.6 Å². The van der Waals surface area contributed by atoms with Crippen molar-refractivity contribution in [2.24, 2.45) is 0 Å². The van der Waals surface area contributed by atoms with Crippen LogP contribution in [0.15, 0.2) is 65.7 Å². The molecule has 0 amide bonds. The predicted molar refractivity (Wildman–Crippen MR) is 147 cm³/mol. The van der Waals surface area contributed by atoms with Gasteiger partial charge in [0.05, 0.1) is 29.9 Å². The third kappa shape index (κ3) is 4.45. The molecule has 1 saturated heterocycles. The second kappa shape index (κ2) is 9.63. The van der Waals surface area contributed by atoms with Gasteiger partial charge in [0.15, 0.2) is 0 Å². The molecule has 9 heteroatoms. The summed E-state index contributed by atoms with van der Waals surface area (Å²) in [6.07, 6.45) is 3.19. The highest BCUT2D eigenvalue weighted by atomic mass is 32.2. The van der Waals surface area contributed by atoms with E-state index in [1.54, 1.807) is 36.8 Å². The molecule has 37 heavy (non-hydrogen) atoms. The number of aryl methyl sites for hydroxylation is 2. The van der Waals surface area contributed by atoms with Crippen LogP contribution in [0, 0.1) is 6.92 Å². The molecular formula is C28H30N4O3S2. The molecule has 0 atom stereocenters. The van der Waals surface area contributed by atoms with Crippen molar-refractivity contribution in [1.29, 1.82) is 0 Å². The van der Waals surface area contributed by atoms with Crippen molar-refractivity contribution in [3.63, 3.8) is 0 Å². The summed E-state index contributed by atoms with van der Waals surface area (Å²) in [4.78, 5) is 11.4. The lowest BCUT2D eigenvalue weighted by atomic mass is 10.0. The fourth-order valence-electron chi connectivity index (χ4n) is 5.27. The molecule has 2 aromatic carbocycles. The Hall–Kier alpha value is -3.14. The van der Waals surface area contributed by atoms with Gasteiger partial charge >= 0.3 is 0 Å². The predicted octanol–water partition coefficient (Wildman–Crippen LogP) is 4.59. The molecule has 0 spiro atoms. The van der Waals surface area contributed by atoms with Gasteiger partial charge in [-0.3, -0.25) is 4.90 Å². The van der Waals surface area contributed by atoms with Crippen LogP contribution in [0.5, 0.6) is 5.75 Å². The maximum Gasteiger partial charge on any atom is 0.267 e. The minimum atomic E-state index is -3.64. The molecule has 1 aliphatic heterocycles. The van der Waals surface area contributed by atoms with Crippen LogP contribution in [0.2, 0.25) is 0 Å². The molecule has 1 fully saturated rings. The number of hydrogen-bond donors (Lipinski definition) is 0. The molecule has 2 aliphatic rings. The van der Waals surface area contributed by atoms with E-state index < -0.39 is 10.0 Å². The van der Waals surface area contributed by atoms with Gasteiger partial charge in [-0.05, 0) is 50.1 Å². The molecule has 4 aromatic rings. The number of methoxy groups -OCH3 is 1. The monoisotopic (exact) mass is 534 g/mol. The fraction of sp³-hybridized carbons (Fsp3) is 0.321. The van der Waals surface area contributed by atoms with Crippen molar-refractivity contribution < 1.29 is 13.2 Å². The first-order valence-corrected chi connectivity index (χ1v) is 14.8. The molecule has 6 rings (SSSR count).